The molecule has 1 heterocycles. The fourth-order valence-corrected chi connectivity index (χ4v) is 2.11. The first-order valence-corrected chi connectivity index (χ1v) is 5.86. The average Bonchev–Trinajstić information content (AvgIpc) is 2.64. The summed E-state index contributed by atoms with van der Waals surface area (Å²) >= 11 is 7.03. The first kappa shape index (κ1) is 12.4. The number of halogens is 1. The molecule has 0 aliphatic rings. The first-order valence-electron chi connectivity index (χ1n) is 4.67. The SMILES string of the molecule is C=CCCOC(C)C(=O)c1ccc(Cl)s1. The van der Waals surface area contributed by atoms with E-state index in [0.717, 1.165) is 6.42 Å². The van der Waals surface area contributed by atoms with E-state index in [9.17, 15) is 4.79 Å². The third kappa shape index (κ3) is 3.78. The highest BCUT2D eigenvalue weighted by atomic mass is 35.5. The van der Waals surface area contributed by atoms with E-state index in [1.165, 1.54) is 11.3 Å². The number of carbonyl (C=O) groups is 1. The minimum Gasteiger partial charge on any atom is -0.370 e. The molecule has 4 heteroatoms. The molecule has 0 radical (unpaired) electrons. The van der Waals surface area contributed by atoms with E-state index in [-0.39, 0.29) is 5.78 Å². The van der Waals surface area contributed by atoms with Crippen molar-refractivity contribution in [2.45, 2.75) is 19.4 Å². The fraction of sp³-hybridized carbons (Fsp3) is 0.364. The molecule has 0 spiro atoms. The van der Waals surface area contributed by atoms with Gasteiger partial charge in [0.05, 0.1) is 15.8 Å². The van der Waals surface area contributed by atoms with Crippen molar-refractivity contribution in [3.05, 3.63) is 34.0 Å². The lowest BCUT2D eigenvalue weighted by molar-refractivity contribution is 0.0496. The van der Waals surface area contributed by atoms with E-state index in [0.29, 0.717) is 15.8 Å². The predicted octanol–water partition coefficient (Wildman–Crippen LogP) is 3.57. The molecule has 0 aliphatic carbocycles. The van der Waals surface area contributed by atoms with Gasteiger partial charge in [0.2, 0.25) is 5.78 Å². The summed E-state index contributed by atoms with van der Waals surface area (Å²) in [6, 6.07) is 3.44. The number of hydrogen-bond donors (Lipinski definition) is 0. The van der Waals surface area contributed by atoms with Gasteiger partial charge >= 0.3 is 0 Å². The molecule has 2 nitrogen and oxygen atoms in total. The van der Waals surface area contributed by atoms with E-state index < -0.39 is 6.10 Å². The lowest BCUT2D eigenvalue weighted by Gasteiger charge is -2.09. The molecule has 15 heavy (non-hydrogen) atoms. The van der Waals surface area contributed by atoms with Crippen LogP contribution in [-0.2, 0) is 4.74 Å². The van der Waals surface area contributed by atoms with Crippen molar-refractivity contribution in [3.8, 4) is 0 Å². The molecule has 0 amide bonds. The third-order valence-corrected chi connectivity index (χ3v) is 3.12. The monoisotopic (exact) mass is 244 g/mol. The summed E-state index contributed by atoms with van der Waals surface area (Å²) in [6.07, 6.45) is 2.10. The van der Waals surface area contributed by atoms with Crippen LogP contribution in [0, 0.1) is 0 Å². The van der Waals surface area contributed by atoms with Crippen molar-refractivity contribution in [1.82, 2.24) is 0 Å². The Labute approximate surface area is 98.5 Å². The summed E-state index contributed by atoms with van der Waals surface area (Å²) in [5.74, 6) is -0.0176. The normalized spacial score (nSPS) is 12.4. The molecule has 0 saturated carbocycles. The molecule has 0 aromatic carbocycles. The quantitative estimate of drug-likeness (QED) is 0.435. The van der Waals surface area contributed by atoms with Crippen molar-refractivity contribution in [2.75, 3.05) is 6.61 Å². The van der Waals surface area contributed by atoms with Crippen LogP contribution < -0.4 is 0 Å². The Hall–Kier alpha value is -0.640. The van der Waals surface area contributed by atoms with Crippen molar-refractivity contribution in [2.24, 2.45) is 0 Å². The van der Waals surface area contributed by atoms with E-state index in [4.69, 9.17) is 16.3 Å². The molecule has 0 fully saturated rings. The summed E-state index contributed by atoms with van der Waals surface area (Å²) in [4.78, 5) is 12.4. The number of rotatable bonds is 6. The van der Waals surface area contributed by atoms with E-state index in [2.05, 4.69) is 6.58 Å². The highest BCUT2D eigenvalue weighted by Gasteiger charge is 2.17. The van der Waals surface area contributed by atoms with Gasteiger partial charge in [-0.2, -0.15) is 0 Å². The van der Waals surface area contributed by atoms with Crippen LogP contribution in [-0.4, -0.2) is 18.5 Å². The molecule has 1 aromatic heterocycles. The van der Waals surface area contributed by atoms with Crippen LogP contribution in [0.2, 0.25) is 4.34 Å². The van der Waals surface area contributed by atoms with Gasteiger partial charge in [-0.15, -0.1) is 17.9 Å². The average molecular weight is 245 g/mol. The Morgan fingerprint density at radius 3 is 3.00 bits per heavy atom. The zero-order valence-electron chi connectivity index (χ0n) is 8.53. The Morgan fingerprint density at radius 2 is 2.47 bits per heavy atom. The smallest absolute Gasteiger partial charge is 0.201 e. The number of ether oxygens (including phenoxy) is 1. The minimum absolute atomic E-state index is 0.0176. The lowest BCUT2D eigenvalue weighted by atomic mass is 10.2. The van der Waals surface area contributed by atoms with Gasteiger partial charge in [0, 0.05) is 0 Å². The van der Waals surface area contributed by atoms with E-state index in [1.54, 1.807) is 25.1 Å². The van der Waals surface area contributed by atoms with Crippen LogP contribution >= 0.6 is 22.9 Å². The maximum absolute atomic E-state index is 11.8. The molecular formula is C11H13ClO2S. The highest BCUT2D eigenvalue weighted by Crippen LogP contribution is 2.23. The molecule has 0 aliphatic heterocycles. The van der Waals surface area contributed by atoms with Crippen molar-refractivity contribution >= 4 is 28.7 Å². The van der Waals surface area contributed by atoms with Crippen LogP contribution in [0.15, 0.2) is 24.8 Å². The summed E-state index contributed by atoms with van der Waals surface area (Å²) < 4.78 is 5.97. The third-order valence-electron chi connectivity index (χ3n) is 1.88. The molecular weight excluding hydrogens is 232 g/mol. The Morgan fingerprint density at radius 1 is 1.73 bits per heavy atom. The van der Waals surface area contributed by atoms with Gasteiger partial charge in [-0.05, 0) is 25.5 Å². The maximum atomic E-state index is 11.8. The molecule has 1 aromatic rings. The van der Waals surface area contributed by atoms with Crippen molar-refractivity contribution in [1.29, 1.82) is 0 Å². The molecule has 1 unspecified atom stereocenters. The summed E-state index contributed by atoms with van der Waals surface area (Å²) in [6.45, 7) is 5.86. The standard InChI is InChI=1S/C11H13ClO2S/c1-3-4-7-14-8(2)11(13)9-5-6-10(12)15-9/h3,5-6,8H,1,4,7H2,2H3. The topological polar surface area (TPSA) is 26.3 Å². The van der Waals surface area contributed by atoms with Crippen molar-refractivity contribution < 1.29 is 9.53 Å². The molecule has 0 saturated heterocycles. The molecule has 1 atom stereocenters. The van der Waals surface area contributed by atoms with Gasteiger partial charge in [0.25, 0.3) is 0 Å². The highest BCUT2D eigenvalue weighted by molar-refractivity contribution is 7.18. The van der Waals surface area contributed by atoms with Crippen LogP contribution in [0.4, 0.5) is 0 Å². The van der Waals surface area contributed by atoms with Gasteiger partial charge < -0.3 is 4.74 Å². The predicted molar refractivity (Wildman–Crippen MR) is 63.9 cm³/mol. The van der Waals surface area contributed by atoms with Crippen LogP contribution in [0.3, 0.4) is 0 Å². The van der Waals surface area contributed by atoms with Crippen LogP contribution in [0.25, 0.3) is 0 Å². The molecule has 0 bridgehead atoms. The number of hydrogen-bond acceptors (Lipinski definition) is 3. The van der Waals surface area contributed by atoms with Gasteiger partial charge in [0.15, 0.2) is 0 Å². The number of carbonyl (C=O) groups excluding carboxylic acids is 1. The molecule has 0 N–H and O–H groups in total. The van der Waals surface area contributed by atoms with E-state index in [1.807, 2.05) is 0 Å². The summed E-state index contributed by atoms with van der Waals surface area (Å²) in [7, 11) is 0. The van der Waals surface area contributed by atoms with Gasteiger partial charge in [0.1, 0.15) is 6.10 Å². The second-order valence-electron chi connectivity index (χ2n) is 3.06. The minimum atomic E-state index is -0.417. The van der Waals surface area contributed by atoms with Crippen LogP contribution in [0.5, 0.6) is 0 Å². The maximum Gasteiger partial charge on any atom is 0.201 e. The number of thiophene rings is 1. The Bertz CT molecular complexity index is 346. The number of Topliss-reactive ketones (excluding diaryl/α,β-unsaturated/α-hetero) is 1. The van der Waals surface area contributed by atoms with Gasteiger partial charge in [-0.25, -0.2) is 0 Å². The molecule has 82 valence electrons. The largest absolute Gasteiger partial charge is 0.370 e. The number of ketones is 1. The second-order valence-corrected chi connectivity index (χ2v) is 4.77. The van der Waals surface area contributed by atoms with Gasteiger partial charge in [-0.1, -0.05) is 17.7 Å². The molecule has 1 rings (SSSR count). The first-order chi connectivity index (χ1) is 7.15. The zero-order chi connectivity index (χ0) is 11.3. The summed E-state index contributed by atoms with van der Waals surface area (Å²) in [5.41, 5.74) is 0. The second kappa shape index (κ2) is 6.05. The fourth-order valence-electron chi connectivity index (χ4n) is 1.05. The Kier molecular flexibility index (Phi) is 5.02. The summed E-state index contributed by atoms with van der Waals surface area (Å²) in [5, 5.41) is 0. The van der Waals surface area contributed by atoms with Crippen molar-refractivity contribution in [3.63, 3.8) is 0 Å². The Balaban J connectivity index is 2.49. The lowest BCUT2D eigenvalue weighted by Crippen LogP contribution is -2.20. The van der Waals surface area contributed by atoms with Crippen LogP contribution in [0.1, 0.15) is 23.0 Å². The van der Waals surface area contributed by atoms with Gasteiger partial charge in [-0.3, -0.25) is 4.79 Å². The van der Waals surface area contributed by atoms with E-state index >= 15 is 0 Å². The zero-order valence-corrected chi connectivity index (χ0v) is 10.1.